The number of hydrogen-bond donors (Lipinski definition) is 0. The number of rotatable bonds is 3. The molecule has 0 amide bonds. The second kappa shape index (κ2) is 6.13. The third-order valence-electron chi connectivity index (χ3n) is 0.834. The Balaban J connectivity index is 3.68. The lowest BCUT2D eigenvalue weighted by Crippen LogP contribution is -1.67. The van der Waals surface area contributed by atoms with Crippen LogP contribution in [0.1, 0.15) is 6.92 Å². The Morgan fingerprint density at radius 1 is 1.78 bits per heavy atom. The lowest BCUT2D eigenvalue weighted by Gasteiger charge is -1.85. The maximum absolute atomic E-state index is 11.4. The summed E-state index contributed by atoms with van der Waals surface area (Å²) in [5.74, 6) is 0. The first-order valence-electron chi connectivity index (χ1n) is 2.57. The molecular formula is C7H10FI. The van der Waals surface area contributed by atoms with Crippen LogP contribution in [0.3, 0.4) is 0 Å². The molecule has 2 heteroatoms. The van der Waals surface area contributed by atoms with Crippen molar-refractivity contribution in [3.8, 4) is 0 Å². The SMILES string of the molecule is C=IC/C=C(C)\C=C\F. The Hall–Kier alpha value is 0.01000. The van der Waals surface area contributed by atoms with Crippen LogP contribution < -0.4 is 0 Å². The van der Waals surface area contributed by atoms with Gasteiger partial charge in [0.1, 0.15) is 0 Å². The van der Waals surface area contributed by atoms with E-state index in [2.05, 4.69) is 4.51 Å². The van der Waals surface area contributed by atoms with Crippen molar-refractivity contribution in [1.29, 1.82) is 0 Å². The average Bonchev–Trinajstić information content (AvgIpc) is 1.85. The fourth-order valence-electron chi connectivity index (χ4n) is 0.344. The Morgan fingerprint density at radius 3 is 2.89 bits per heavy atom. The van der Waals surface area contributed by atoms with E-state index in [-0.39, 0.29) is 20.7 Å². The second-order valence-corrected chi connectivity index (χ2v) is 3.54. The molecule has 0 bridgehead atoms. The van der Waals surface area contributed by atoms with Crippen molar-refractivity contribution < 1.29 is 4.39 Å². The lowest BCUT2D eigenvalue weighted by molar-refractivity contribution is 0.720. The van der Waals surface area contributed by atoms with Gasteiger partial charge in [-0.25, -0.2) is 4.39 Å². The second-order valence-electron chi connectivity index (χ2n) is 1.58. The van der Waals surface area contributed by atoms with Gasteiger partial charge in [-0.05, 0) is 13.0 Å². The molecule has 0 aromatic carbocycles. The minimum Gasteiger partial charge on any atom is -0.216 e. The summed E-state index contributed by atoms with van der Waals surface area (Å²) >= 11 is 0.0797. The molecule has 0 aliphatic carbocycles. The third-order valence-corrected chi connectivity index (χ3v) is 1.90. The van der Waals surface area contributed by atoms with E-state index in [0.717, 1.165) is 10.0 Å². The molecule has 0 saturated carbocycles. The third kappa shape index (κ3) is 5.89. The van der Waals surface area contributed by atoms with Crippen LogP contribution in [-0.4, -0.2) is 8.94 Å². The first-order chi connectivity index (χ1) is 4.31. The van der Waals surface area contributed by atoms with Gasteiger partial charge in [0.15, 0.2) is 0 Å². The molecule has 0 aromatic rings. The quantitative estimate of drug-likeness (QED) is 0.404. The van der Waals surface area contributed by atoms with E-state index < -0.39 is 0 Å². The summed E-state index contributed by atoms with van der Waals surface area (Å²) < 4.78 is 16.2. The van der Waals surface area contributed by atoms with Gasteiger partial charge >= 0.3 is 0 Å². The molecule has 0 rings (SSSR count). The van der Waals surface area contributed by atoms with Crippen LogP contribution in [0, 0.1) is 0 Å². The highest BCUT2D eigenvalue weighted by atomic mass is 127. The smallest absolute Gasteiger partial charge is 0.0869 e. The Bertz CT molecular complexity index is 136. The summed E-state index contributed by atoms with van der Waals surface area (Å²) in [5, 5.41) is 0. The maximum Gasteiger partial charge on any atom is 0.0869 e. The maximum atomic E-state index is 11.4. The van der Waals surface area contributed by atoms with Gasteiger partial charge in [0.2, 0.25) is 0 Å². The van der Waals surface area contributed by atoms with Gasteiger partial charge in [0, 0.05) is 4.43 Å². The monoisotopic (exact) mass is 240 g/mol. The van der Waals surface area contributed by atoms with Gasteiger partial charge < -0.3 is 0 Å². The Morgan fingerprint density at radius 2 is 2.44 bits per heavy atom. The van der Waals surface area contributed by atoms with E-state index in [1.807, 2.05) is 13.0 Å². The molecule has 0 heterocycles. The molecule has 52 valence electrons. The van der Waals surface area contributed by atoms with E-state index in [9.17, 15) is 4.39 Å². The predicted molar refractivity (Wildman–Crippen MR) is 50.0 cm³/mol. The van der Waals surface area contributed by atoms with Crippen molar-refractivity contribution in [2.24, 2.45) is 0 Å². The normalized spacial score (nSPS) is 12.9. The van der Waals surface area contributed by atoms with E-state index in [1.54, 1.807) is 0 Å². The van der Waals surface area contributed by atoms with Gasteiger partial charge in [0.25, 0.3) is 0 Å². The van der Waals surface area contributed by atoms with Gasteiger partial charge in [-0.15, -0.1) is 20.7 Å². The zero-order valence-corrected chi connectivity index (χ0v) is 7.56. The minimum absolute atomic E-state index is 0.0797. The fraction of sp³-hybridized carbons (Fsp3) is 0.286. The molecule has 0 radical (unpaired) electrons. The van der Waals surface area contributed by atoms with Crippen molar-refractivity contribution in [1.82, 2.24) is 0 Å². The Kier molecular flexibility index (Phi) is 6.14. The molecule has 0 spiro atoms. The highest BCUT2D eigenvalue weighted by Gasteiger charge is 1.77. The number of hydrogen-bond acceptors (Lipinski definition) is 0. The molecule has 0 aliphatic heterocycles. The molecular weight excluding hydrogens is 230 g/mol. The van der Waals surface area contributed by atoms with Gasteiger partial charge in [-0.2, -0.15) is 0 Å². The van der Waals surface area contributed by atoms with Crippen molar-refractivity contribution in [3.05, 3.63) is 24.1 Å². The highest BCUT2D eigenvalue weighted by molar-refractivity contribution is 14.2. The summed E-state index contributed by atoms with van der Waals surface area (Å²) in [6, 6.07) is 0. The summed E-state index contributed by atoms with van der Waals surface area (Å²) in [6.45, 7) is 1.88. The van der Waals surface area contributed by atoms with Crippen LogP contribution in [0.5, 0.6) is 0 Å². The molecule has 9 heavy (non-hydrogen) atoms. The Labute approximate surface area is 65.2 Å². The summed E-state index contributed by atoms with van der Waals surface area (Å²) in [5.41, 5.74) is 0.987. The molecule has 0 nitrogen and oxygen atoms in total. The molecule has 0 aromatic heterocycles. The zero-order valence-electron chi connectivity index (χ0n) is 5.40. The summed E-state index contributed by atoms with van der Waals surface area (Å²) in [6.07, 6.45) is 4.03. The van der Waals surface area contributed by atoms with Crippen molar-refractivity contribution in [2.45, 2.75) is 6.92 Å². The molecule has 0 unspecified atom stereocenters. The van der Waals surface area contributed by atoms with Gasteiger partial charge in [0.05, 0.1) is 6.33 Å². The minimum atomic E-state index is 0.0797. The fourth-order valence-corrected chi connectivity index (χ4v) is 1.35. The molecule has 0 fully saturated rings. The van der Waals surface area contributed by atoms with Crippen LogP contribution in [0.15, 0.2) is 24.1 Å². The number of alkyl halides is 1. The van der Waals surface area contributed by atoms with Gasteiger partial charge in [-0.3, -0.25) is 0 Å². The van der Waals surface area contributed by atoms with Crippen LogP contribution in [0.25, 0.3) is 0 Å². The molecule has 0 saturated heterocycles. The summed E-state index contributed by atoms with van der Waals surface area (Å²) in [4.78, 5) is 0. The number of allylic oxidation sites excluding steroid dienone is 3. The van der Waals surface area contributed by atoms with Crippen LogP contribution >= 0.6 is 20.7 Å². The van der Waals surface area contributed by atoms with Gasteiger partial charge in [-0.1, -0.05) is 16.2 Å². The van der Waals surface area contributed by atoms with E-state index in [1.165, 1.54) is 6.08 Å². The molecule has 0 N–H and O–H groups in total. The first kappa shape index (κ1) is 9.01. The van der Waals surface area contributed by atoms with E-state index >= 15 is 0 Å². The topological polar surface area (TPSA) is 0 Å². The van der Waals surface area contributed by atoms with E-state index in [4.69, 9.17) is 0 Å². The predicted octanol–water partition coefficient (Wildman–Crippen LogP) is 2.82. The molecule has 0 aliphatic rings. The standard InChI is InChI=1S/C7H10FI/c1-7(3-5-8)4-6-9-2/h3-5H,2,6H2,1H3/b5-3+,7-4-. The molecule has 0 atom stereocenters. The number of halogens is 2. The average molecular weight is 240 g/mol. The highest BCUT2D eigenvalue weighted by Crippen LogP contribution is 1.99. The van der Waals surface area contributed by atoms with Crippen LogP contribution in [0.4, 0.5) is 4.39 Å². The zero-order chi connectivity index (χ0) is 7.11. The first-order valence-corrected chi connectivity index (χ1v) is 5.62. The van der Waals surface area contributed by atoms with E-state index in [0.29, 0.717) is 6.33 Å². The van der Waals surface area contributed by atoms with Crippen LogP contribution in [0.2, 0.25) is 0 Å². The van der Waals surface area contributed by atoms with Crippen molar-refractivity contribution in [3.63, 3.8) is 0 Å². The largest absolute Gasteiger partial charge is 0.216 e. The van der Waals surface area contributed by atoms with Crippen LogP contribution in [-0.2, 0) is 0 Å². The van der Waals surface area contributed by atoms with Crippen molar-refractivity contribution in [2.75, 3.05) is 4.43 Å². The summed E-state index contributed by atoms with van der Waals surface area (Å²) in [7, 11) is 0. The van der Waals surface area contributed by atoms with Crippen molar-refractivity contribution >= 4 is 25.2 Å². The lowest BCUT2D eigenvalue weighted by atomic mass is 10.3.